The highest BCUT2D eigenvalue weighted by Crippen LogP contribution is 2.43. The minimum Gasteiger partial charge on any atom is -0.387 e. The highest BCUT2D eigenvalue weighted by Gasteiger charge is 2.27. The van der Waals surface area contributed by atoms with Gasteiger partial charge in [-0.05, 0) is 57.8 Å². The van der Waals surface area contributed by atoms with E-state index in [-0.39, 0.29) is 19.1 Å². The van der Waals surface area contributed by atoms with Crippen molar-refractivity contribution in [3.05, 3.63) is 36.5 Å². The summed E-state index contributed by atoms with van der Waals surface area (Å²) in [6, 6.07) is -0.861. The van der Waals surface area contributed by atoms with Gasteiger partial charge >= 0.3 is 7.82 Å². The molecule has 0 heterocycles. The van der Waals surface area contributed by atoms with Crippen molar-refractivity contribution in [3.63, 3.8) is 0 Å². The Labute approximate surface area is 264 Å². The van der Waals surface area contributed by atoms with Crippen molar-refractivity contribution >= 4 is 13.7 Å². The van der Waals surface area contributed by atoms with Crippen molar-refractivity contribution < 1.29 is 32.9 Å². The van der Waals surface area contributed by atoms with Gasteiger partial charge in [-0.15, -0.1) is 0 Å². The van der Waals surface area contributed by atoms with Crippen LogP contribution in [0.15, 0.2) is 36.5 Å². The fraction of sp³-hybridized carbons (Fsp3) is 0.794. The molecule has 3 unspecified atom stereocenters. The average Bonchev–Trinajstić information content (AvgIpc) is 2.94. The van der Waals surface area contributed by atoms with Gasteiger partial charge < -0.3 is 19.8 Å². The Hall–Kier alpha value is -1.28. The maximum absolute atomic E-state index is 12.7. The molecule has 0 aromatic rings. The number of hydrogen-bond donors (Lipinski definition) is 3. The number of aliphatic hydroxyl groups excluding tert-OH is 1. The second kappa shape index (κ2) is 27.1. The van der Waals surface area contributed by atoms with Crippen molar-refractivity contribution in [1.82, 2.24) is 5.32 Å². The van der Waals surface area contributed by atoms with Crippen LogP contribution in [0.25, 0.3) is 0 Å². The van der Waals surface area contributed by atoms with Crippen LogP contribution in [-0.2, 0) is 18.4 Å². The van der Waals surface area contributed by atoms with Gasteiger partial charge in [-0.1, -0.05) is 95.2 Å². The number of allylic oxidation sites excluding steroid dienone is 5. The lowest BCUT2D eigenvalue weighted by Crippen LogP contribution is -2.45. The number of phosphoric ester groups is 1. The molecule has 0 saturated carbocycles. The fourth-order valence-electron chi connectivity index (χ4n) is 4.28. The Bertz CT molecular complexity index is 809. The van der Waals surface area contributed by atoms with Crippen LogP contribution >= 0.6 is 7.82 Å². The van der Waals surface area contributed by atoms with Gasteiger partial charge in [0.05, 0.1) is 39.9 Å². The number of unbranched alkanes of at least 4 members (excludes halogenated alkanes) is 12. The zero-order valence-electron chi connectivity index (χ0n) is 28.2. The second-order valence-corrected chi connectivity index (χ2v) is 14.0. The standard InChI is InChI=1S/C34H65N2O6P/c1-6-8-10-12-14-16-17-18-20-22-24-26-28-34(38)35-32(31-42-43(39,40)41-30-29-36(3,4)5)33(37)27-25-23-21-19-15-13-11-9-7-2/h14-16,19,25,27,32-33,37H,6-13,17-18,20-24,26,28-31H2,1-5H3,(H-,35,38,39,40)/p+1/b16-14-,19-15+,27-25+. The molecule has 8 nitrogen and oxygen atoms in total. The van der Waals surface area contributed by atoms with Gasteiger partial charge in [0, 0.05) is 6.42 Å². The van der Waals surface area contributed by atoms with Gasteiger partial charge in [0.25, 0.3) is 0 Å². The number of hydrogen-bond acceptors (Lipinski definition) is 5. The summed E-state index contributed by atoms with van der Waals surface area (Å²) in [6.07, 6.45) is 29.3. The van der Waals surface area contributed by atoms with Crippen LogP contribution in [-0.4, -0.2) is 73.4 Å². The molecule has 0 aliphatic heterocycles. The number of aliphatic hydroxyl groups is 1. The molecule has 252 valence electrons. The minimum atomic E-state index is -4.33. The Kier molecular flexibility index (Phi) is 26.3. The normalized spacial score (nSPS) is 15.4. The molecule has 1 amide bonds. The minimum absolute atomic E-state index is 0.0535. The van der Waals surface area contributed by atoms with Gasteiger partial charge in [-0.2, -0.15) is 0 Å². The highest BCUT2D eigenvalue weighted by molar-refractivity contribution is 7.47. The van der Waals surface area contributed by atoms with Crippen LogP contribution in [0.4, 0.5) is 0 Å². The van der Waals surface area contributed by atoms with Gasteiger partial charge in [-0.25, -0.2) is 4.57 Å². The topological polar surface area (TPSA) is 105 Å². The first-order valence-electron chi connectivity index (χ1n) is 16.9. The SMILES string of the molecule is CCCCC/C=C\CCCCCCCC(=O)NC(COP(=O)(O)OCC[N+](C)(C)C)C(O)/C=C/CC/C=C/CCCCC. The molecule has 0 spiro atoms. The molecule has 0 radical (unpaired) electrons. The van der Waals surface area contributed by atoms with E-state index in [0.717, 1.165) is 51.4 Å². The number of quaternary nitrogens is 1. The van der Waals surface area contributed by atoms with Crippen molar-refractivity contribution in [2.75, 3.05) is 40.9 Å². The summed E-state index contributed by atoms with van der Waals surface area (Å²) >= 11 is 0. The number of rotatable bonds is 29. The zero-order chi connectivity index (χ0) is 32.2. The third-order valence-corrected chi connectivity index (χ3v) is 8.07. The third kappa shape index (κ3) is 29.2. The lowest BCUT2D eigenvalue weighted by Gasteiger charge is -2.25. The van der Waals surface area contributed by atoms with Crippen LogP contribution in [0.1, 0.15) is 123 Å². The van der Waals surface area contributed by atoms with E-state index in [4.69, 9.17) is 9.05 Å². The molecule has 0 aromatic carbocycles. The highest BCUT2D eigenvalue weighted by atomic mass is 31.2. The molecule has 43 heavy (non-hydrogen) atoms. The van der Waals surface area contributed by atoms with E-state index in [9.17, 15) is 19.4 Å². The Balaban J connectivity index is 4.67. The number of nitrogens with one attached hydrogen (secondary N) is 1. The van der Waals surface area contributed by atoms with E-state index in [1.807, 2.05) is 27.2 Å². The maximum Gasteiger partial charge on any atom is 0.472 e. The molecular formula is C34H66N2O6P+. The van der Waals surface area contributed by atoms with E-state index in [1.54, 1.807) is 6.08 Å². The molecule has 0 aliphatic carbocycles. The number of likely N-dealkylation sites (N-methyl/N-ethyl adjacent to an activating group) is 1. The van der Waals surface area contributed by atoms with E-state index < -0.39 is 20.0 Å². The predicted octanol–water partition coefficient (Wildman–Crippen LogP) is 8.01. The zero-order valence-corrected chi connectivity index (χ0v) is 29.1. The molecular weight excluding hydrogens is 563 g/mol. The summed E-state index contributed by atoms with van der Waals surface area (Å²) in [7, 11) is 1.54. The lowest BCUT2D eigenvalue weighted by molar-refractivity contribution is -0.870. The van der Waals surface area contributed by atoms with Gasteiger partial charge in [-0.3, -0.25) is 13.8 Å². The molecule has 0 saturated heterocycles. The maximum atomic E-state index is 12.7. The third-order valence-electron chi connectivity index (χ3n) is 7.08. The van der Waals surface area contributed by atoms with E-state index in [0.29, 0.717) is 17.4 Å². The Morgan fingerprint density at radius 3 is 1.86 bits per heavy atom. The number of carbonyl (C=O) groups is 1. The van der Waals surface area contributed by atoms with Gasteiger partial charge in [0.2, 0.25) is 5.91 Å². The molecule has 3 N–H and O–H groups in total. The van der Waals surface area contributed by atoms with Crippen molar-refractivity contribution in [1.29, 1.82) is 0 Å². The average molecular weight is 630 g/mol. The fourth-order valence-corrected chi connectivity index (χ4v) is 5.02. The first kappa shape index (κ1) is 41.7. The van der Waals surface area contributed by atoms with E-state index >= 15 is 0 Å². The van der Waals surface area contributed by atoms with Crippen LogP contribution in [0, 0.1) is 0 Å². The van der Waals surface area contributed by atoms with E-state index in [1.165, 1.54) is 51.4 Å². The van der Waals surface area contributed by atoms with Crippen molar-refractivity contribution in [3.8, 4) is 0 Å². The summed E-state index contributed by atoms with van der Waals surface area (Å²) in [5.41, 5.74) is 0. The van der Waals surface area contributed by atoms with Crippen molar-refractivity contribution in [2.45, 2.75) is 135 Å². The van der Waals surface area contributed by atoms with Gasteiger partial charge in [0.15, 0.2) is 0 Å². The van der Waals surface area contributed by atoms with Gasteiger partial charge in [0.1, 0.15) is 13.2 Å². The van der Waals surface area contributed by atoms with E-state index in [2.05, 4.69) is 43.5 Å². The smallest absolute Gasteiger partial charge is 0.387 e. The quantitative estimate of drug-likeness (QED) is 0.0335. The molecule has 0 aliphatic rings. The predicted molar refractivity (Wildman–Crippen MR) is 180 cm³/mol. The number of amides is 1. The summed E-state index contributed by atoms with van der Waals surface area (Å²) < 4.78 is 23.3. The largest absolute Gasteiger partial charge is 0.472 e. The molecule has 3 atom stereocenters. The molecule has 0 aromatic heterocycles. The molecule has 0 rings (SSSR count). The number of carbonyl (C=O) groups excluding carboxylic acids is 1. The molecule has 9 heteroatoms. The summed E-state index contributed by atoms with van der Waals surface area (Å²) in [4.78, 5) is 22.8. The summed E-state index contributed by atoms with van der Waals surface area (Å²) in [5, 5.41) is 13.6. The first-order valence-corrected chi connectivity index (χ1v) is 18.4. The Morgan fingerprint density at radius 2 is 1.28 bits per heavy atom. The summed E-state index contributed by atoms with van der Waals surface area (Å²) in [6.45, 7) is 4.66. The van der Waals surface area contributed by atoms with Crippen LogP contribution < -0.4 is 5.32 Å². The number of nitrogens with zero attached hydrogens (tertiary/aromatic N) is 1. The Morgan fingerprint density at radius 1 is 0.767 bits per heavy atom. The molecule has 0 bridgehead atoms. The summed E-state index contributed by atoms with van der Waals surface area (Å²) in [5.74, 6) is -0.204. The van der Waals surface area contributed by atoms with Crippen LogP contribution in [0.5, 0.6) is 0 Å². The second-order valence-electron chi connectivity index (χ2n) is 12.5. The van der Waals surface area contributed by atoms with Crippen molar-refractivity contribution in [2.24, 2.45) is 0 Å². The van der Waals surface area contributed by atoms with Crippen LogP contribution in [0.3, 0.4) is 0 Å². The number of phosphoric acid groups is 1. The van der Waals surface area contributed by atoms with Crippen LogP contribution in [0.2, 0.25) is 0 Å². The monoisotopic (exact) mass is 629 g/mol. The first-order chi connectivity index (χ1) is 20.5. The lowest BCUT2D eigenvalue weighted by atomic mass is 10.1. The molecule has 0 fully saturated rings.